The van der Waals surface area contributed by atoms with Gasteiger partial charge in [0.05, 0.1) is 5.56 Å². The smallest absolute Gasteiger partial charge is 0.165 e. The van der Waals surface area contributed by atoms with E-state index in [1.54, 1.807) is 24.4 Å². The van der Waals surface area contributed by atoms with Crippen LogP contribution in [0.25, 0.3) is 11.4 Å². The van der Waals surface area contributed by atoms with Gasteiger partial charge in [-0.1, -0.05) is 11.6 Å². The summed E-state index contributed by atoms with van der Waals surface area (Å²) in [6, 6.07) is 6.84. The van der Waals surface area contributed by atoms with Gasteiger partial charge in [-0.25, -0.2) is 9.97 Å². The van der Waals surface area contributed by atoms with Gasteiger partial charge in [0, 0.05) is 30.9 Å². The number of hydrogen-bond acceptors (Lipinski definition) is 5. The van der Waals surface area contributed by atoms with E-state index in [-0.39, 0.29) is 11.8 Å². The monoisotopic (exact) mass is 318 g/mol. The number of phenolic OH excluding ortho intramolecular Hbond substituents is 1. The van der Waals surface area contributed by atoms with Crippen LogP contribution in [0.3, 0.4) is 0 Å². The third-order valence-corrected chi connectivity index (χ3v) is 4.18. The van der Waals surface area contributed by atoms with E-state index in [4.69, 9.17) is 17.3 Å². The van der Waals surface area contributed by atoms with Gasteiger partial charge in [-0.15, -0.1) is 0 Å². The average molecular weight is 319 g/mol. The van der Waals surface area contributed by atoms with E-state index in [9.17, 15) is 5.11 Å². The van der Waals surface area contributed by atoms with Crippen LogP contribution in [0.4, 0.5) is 5.82 Å². The lowest BCUT2D eigenvalue weighted by Crippen LogP contribution is -2.37. The highest BCUT2D eigenvalue weighted by Gasteiger charge is 2.29. The maximum Gasteiger partial charge on any atom is 0.165 e. The van der Waals surface area contributed by atoms with E-state index < -0.39 is 0 Å². The Balaban J connectivity index is 1.83. The molecule has 0 spiro atoms. The van der Waals surface area contributed by atoms with E-state index in [0.717, 1.165) is 12.4 Å². The summed E-state index contributed by atoms with van der Waals surface area (Å²) in [5.41, 5.74) is 6.69. The summed E-state index contributed by atoms with van der Waals surface area (Å²) in [6.45, 7) is 0.753. The van der Waals surface area contributed by atoms with Gasteiger partial charge in [-0.3, -0.25) is 0 Å². The maximum absolute atomic E-state index is 9.97. The SMILES string of the molecule is CN(C[C@@H](N)C1CC1)c1ccnc(-c2cc(Cl)ccc2O)n1. The standard InChI is InChI=1S/C16H19ClN4O/c1-21(9-13(18)10-2-3-10)15-6-7-19-16(20-15)12-8-11(17)4-5-14(12)22/h4-8,10,13,22H,2-3,9,18H2,1H3/t13-/m1/s1. The van der Waals surface area contributed by atoms with Crippen molar-refractivity contribution >= 4 is 17.4 Å². The van der Waals surface area contributed by atoms with Gasteiger partial charge >= 0.3 is 0 Å². The molecule has 0 unspecified atom stereocenters. The Morgan fingerprint density at radius 3 is 2.91 bits per heavy atom. The van der Waals surface area contributed by atoms with Gasteiger partial charge in [-0.05, 0) is 43.0 Å². The minimum atomic E-state index is 0.110. The Hall–Kier alpha value is -1.85. The van der Waals surface area contributed by atoms with Crippen molar-refractivity contribution in [3.05, 3.63) is 35.5 Å². The molecule has 5 nitrogen and oxygen atoms in total. The lowest BCUT2D eigenvalue weighted by Gasteiger charge is -2.22. The van der Waals surface area contributed by atoms with Gasteiger partial charge in [0.1, 0.15) is 11.6 Å². The molecule has 3 N–H and O–H groups in total. The van der Waals surface area contributed by atoms with Crippen molar-refractivity contribution in [3.8, 4) is 17.1 Å². The first kappa shape index (κ1) is 15.1. The summed E-state index contributed by atoms with van der Waals surface area (Å²) in [6.07, 6.45) is 4.12. The summed E-state index contributed by atoms with van der Waals surface area (Å²) in [5, 5.41) is 10.5. The van der Waals surface area contributed by atoms with E-state index in [1.807, 2.05) is 18.0 Å². The molecule has 1 aliphatic rings. The number of hydrogen-bond donors (Lipinski definition) is 2. The van der Waals surface area contributed by atoms with E-state index in [0.29, 0.717) is 22.3 Å². The van der Waals surface area contributed by atoms with Crippen LogP contribution in [0.5, 0.6) is 5.75 Å². The van der Waals surface area contributed by atoms with Crippen molar-refractivity contribution in [1.82, 2.24) is 9.97 Å². The average Bonchev–Trinajstić information content (AvgIpc) is 3.34. The number of benzene rings is 1. The van der Waals surface area contributed by atoms with E-state index in [1.165, 1.54) is 12.8 Å². The van der Waals surface area contributed by atoms with Gasteiger partial charge in [0.2, 0.25) is 0 Å². The quantitative estimate of drug-likeness (QED) is 0.886. The molecule has 6 heteroatoms. The number of phenols is 1. The van der Waals surface area contributed by atoms with Crippen LogP contribution in [0.2, 0.25) is 5.02 Å². The summed E-state index contributed by atoms with van der Waals surface area (Å²) in [4.78, 5) is 10.8. The fourth-order valence-corrected chi connectivity index (χ4v) is 2.63. The van der Waals surface area contributed by atoms with Crippen LogP contribution in [0.15, 0.2) is 30.5 Å². The number of halogens is 1. The number of rotatable bonds is 5. The van der Waals surface area contributed by atoms with Crippen LogP contribution in [0.1, 0.15) is 12.8 Å². The van der Waals surface area contributed by atoms with Crippen molar-refractivity contribution in [2.24, 2.45) is 11.7 Å². The van der Waals surface area contributed by atoms with Crippen LogP contribution in [0, 0.1) is 5.92 Å². The number of nitrogens with zero attached hydrogens (tertiary/aromatic N) is 3. The predicted octanol–water partition coefficient (Wildman–Crippen LogP) is 2.68. The molecule has 0 bridgehead atoms. The number of aromatic nitrogens is 2. The minimum absolute atomic E-state index is 0.110. The third-order valence-electron chi connectivity index (χ3n) is 3.94. The highest BCUT2D eigenvalue weighted by atomic mass is 35.5. The summed E-state index contributed by atoms with van der Waals surface area (Å²) >= 11 is 5.99. The van der Waals surface area contributed by atoms with E-state index in [2.05, 4.69) is 9.97 Å². The van der Waals surface area contributed by atoms with Gasteiger partial charge in [-0.2, -0.15) is 0 Å². The largest absolute Gasteiger partial charge is 0.507 e. The zero-order valence-corrected chi connectivity index (χ0v) is 13.2. The van der Waals surface area contributed by atoms with Crippen LogP contribution < -0.4 is 10.6 Å². The van der Waals surface area contributed by atoms with E-state index >= 15 is 0 Å². The first-order chi connectivity index (χ1) is 10.5. The van der Waals surface area contributed by atoms with Gasteiger partial charge in [0.15, 0.2) is 5.82 Å². The molecule has 0 radical (unpaired) electrons. The Kier molecular flexibility index (Phi) is 4.18. The first-order valence-electron chi connectivity index (χ1n) is 7.33. The molecular formula is C16H19ClN4O. The molecule has 3 rings (SSSR count). The Morgan fingerprint density at radius 1 is 1.41 bits per heavy atom. The Bertz CT molecular complexity index is 675. The second-order valence-electron chi connectivity index (χ2n) is 5.78. The van der Waals surface area contributed by atoms with Crippen LogP contribution in [-0.2, 0) is 0 Å². The lowest BCUT2D eigenvalue weighted by atomic mass is 10.2. The van der Waals surface area contributed by atoms with Crippen molar-refractivity contribution in [3.63, 3.8) is 0 Å². The van der Waals surface area contributed by atoms with Crippen molar-refractivity contribution in [1.29, 1.82) is 0 Å². The molecular weight excluding hydrogens is 300 g/mol. The van der Waals surface area contributed by atoms with Crippen molar-refractivity contribution < 1.29 is 5.11 Å². The summed E-state index contributed by atoms with van der Waals surface area (Å²) < 4.78 is 0. The van der Waals surface area contributed by atoms with Crippen molar-refractivity contribution in [2.75, 3.05) is 18.5 Å². The molecule has 1 saturated carbocycles. The normalized spacial score (nSPS) is 15.6. The fourth-order valence-electron chi connectivity index (χ4n) is 2.46. The molecule has 2 aromatic rings. The molecule has 1 atom stereocenters. The zero-order chi connectivity index (χ0) is 15.7. The summed E-state index contributed by atoms with van der Waals surface area (Å²) in [5.74, 6) is 1.98. The Labute approximate surface area is 134 Å². The minimum Gasteiger partial charge on any atom is -0.507 e. The maximum atomic E-state index is 9.97. The van der Waals surface area contributed by atoms with Crippen LogP contribution >= 0.6 is 11.6 Å². The fraction of sp³-hybridized carbons (Fsp3) is 0.375. The topological polar surface area (TPSA) is 75.3 Å². The number of aromatic hydroxyl groups is 1. The molecule has 0 saturated heterocycles. The number of nitrogens with two attached hydrogens (primary N) is 1. The second-order valence-corrected chi connectivity index (χ2v) is 6.22. The van der Waals surface area contributed by atoms with Gasteiger partial charge < -0.3 is 15.7 Å². The number of anilines is 1. The predicted molar refractivity (Wildman–Crippen MR) is 88.1 cm³/mol. The third kappa shape index (κ3) is 3.31. The molecule has 116 valence electrons. The molecule has 1 fully saturated rings. The molecule has 0 amide bonds. The molecule has 1 aromatic heterocycles. The molecule has 22 heavy (non-hydrogen) atoms. The van der Waals surface area contributed by atoms with Crippen molar-refractivity contribution in [2.45, 2.75) is 18.9 Å². The second kappa shape index (κ2) is 6.10. The van der Waals surface area contributed by atoms with Gasteiger partial charge in [0.25, 0.3) is 0 Å². The zero-order valence-electron chi connectivity index (χ0n) is 12.4. The molecule has 1 aliphatic carbocycles. The molecule has 1 heterocycles. The highest BCUT2D eigenvalue weighted by Crippen LogP contribution is 2.33. The molecule has 1 aromatic carbocycles. The first-order valence-corrected chi connectivity index (χ1v) is 7.71. The lowest BCUT2D eigenvalue weighted by molar-refractivity contribution is 0.477. The highest BCUT2D eigenvalue weighted by molar-refractivity contribution is 6.30. The Morgan fingerprint density at radius 2 is 2.18 bits per heavy atom. The molecule has 0 aliphatic heterocycles. The number of likely N-dealkylation sites (N-methyl/N-ethyl adjacent to an activating group) is 1. The van der Waals surface area contributed by atoms with Crippen LogP contribution in [-0.4, -0.2) is 34.7 Å². The summed E-state index contributed by atoms with van der Waals surface area (Å²) in [7, 11) is 1.96.